The van der Waals surface area contributed by atoms with Gasteiger partial charge in [-0.1, -0.05) is 18.2 Å². The monoisotopic (exact) mass is 375 g/mol. The minimum absolute atomic E-state index is 0.105. The van der Waals surface area contributed by atoms with E-state index in [9.17, 15) is 9.59 Å². The van der Waals surface area contributed by atoms with Crippen molar-refractivity contribution < 1.29 is 19.1 Å². The molecule has 8 heteroatoms. The molecule has 7 nitrogen and oxygen atoms in total. The smallest absolute Gasteiger partial charge is 0.256 e. The predicted octanol–water partition coefficient (Wildman–Crippen LogP) is 2.90. The number of aliphatic imine (C=N–C) groups is 2. The van der Waals surface area contributed by atoms with Crippen LogP contribution in [0.3, 0.4) is 0 Å². The van der Waals surface area contributed by atoms with Gasteiger partial charge < -0.3 is 14.8 Å². The number of amides is 2. The Hall–Kier alpha value is -2.35. The zero-order valence-corrected chi connectivity index (χ0v) is 15.6. The minimum atomic E-state index is -0.234. The van der Waals surface area contributed by atoms with Crippen LogP contribution < -0.4 is 14.8 Å². The molecule has 1 heterocycles. The molecule has 0 aromatic heterocycles. The number of methoxy groups -OCH3 is 2. The summed E-state index contributed by atoms with van der Waals surface area (Å²) in [4.78, 5) is 32.9. The molecule has 0 saturated heterocycles. The second-order valence-corrected chi connectivity index (χ2v) is 6.98. The van der Waals surface area contributed by atoms with Crippen LogP contribution in [0.5, 0.6) is 11.5 Å². The van der Waals surface area contributed by atoms with Crippen LogP contribution in [0.25, 0.3) is 0 Å². The molecule has 3 rings (SSSR count). The molecule has 1 atom stereocenters. The zero-order chi connectivity index (χ0) is 18.5. The number of nitrogens with one attached hydrogen (secondary N) is 1. The number of nitrogens with zero attached hydrogens (tertiary/aromatic N) is 2. The van der Waals surface area contributed by atoms with Crippen molar-refractivity contribution in [1.29, 1.82) is 0 Å². The van der Waals surface area contributed by atoms with E-state index in [0.29, 0.717) is 22.4 Å². The summed E-state index contributed by atoms with van der Waals surface area (Å²) in [7, 11) is 3.09. The van der Waals surface area contributed by atoms with Crippen LogP contribution in [-0.4, -0.2) is 42.7 Å². The molecule has 138 valence electrons. The summed E-state index contributed by atoms with van der Waals surface area (Å²) in [5.74, 6) is 0.747. The molecule has 1 N–H and O–H groups in total. The first-order chi connectivity index (χ1) is 12.6. The summed E-state index contributed by atoms with van der Waals surface area (Å²) in [6, 6.07) is 5.17. The lowest BCUT2D eigenvalue weighted by Crippen LogP contribution is -2.30. The molecule has 0 bridgehead atoms. The number of rotatable bonds is 5. The van der Waals surface area contributed by atoms with Gasteiger partial charge in [-0.05, 0) is 31.4 Å². The Bertz CT molecular complexity index is 776. The molecule has 0 radical (unpaired) electrons. The Balaban J connectivity index is 1.61. The van der Waals surface area contributed by atoms with E-state index in [-0.39, 0.29) is 23.5 Å². The molecule has 1 aliphatic carbocycles. The minimum Gasteiger partial charge on any atom is -0.497 e. The lowest BCUT2D eigenvalue weighted by molar-refractivity contribution is -0.120. The second-order valence-electron chi connectivity index (χ2n) is 6.04. The summed E-state index contributed by atoms with van der Waals surface area (Å²) in [5, 5.41) is 3.16. The second kappa shape index (κ2) is 8.35. The van der Waals surface area contributed by atoms with Crippen molar-refractivity contribution in [2.45, 2.75) is 25.7 Å². The number of hydrogen-bond donors (Lipinski definition) is 1. The SMILES string of the molecule is COc1ccc(OC)c(NC(=O)CSC2=NC(=O)C3CCCCC3=N2)c1. The van der Waals surface area contributed by atoms with E-state index in [1.807, 2.05) is 0 Å². The van der Waals surface area contributed by atoms with Crippen LogP contribution >= 0.6 is 11.8 Å². The van der Waals surface area contributed by atoms with Crippen molar-refractivity contribution >= 4 is 40.1 Å². The van der Waals surface area contributed by atoms with E-state index < -0.39 is 0 Å². The van der Waals surface area contributed by atoms with Gasteiger partial charge in [-0.15, -0.1) is 0 Å². The fourth-order valence-corrected chi connectivity index (χ4v) is 3.68. The Kier molecular flexibility index (Phi) is 5.92. The molecule has 1 unspecified atom stereocenters. The lowest BCUT2D eigenvalue weighted by atomic mass is 9.86. The van der Waals surface area contributed by atoms with Gasteiger partial charge >= 0.3 is 0 Å². The maximum atomic E-state index is 12.3. The number of hydrogen-bond acceptors (Lipinski definition) is 6. The summed E-state index contributed by atoms with van der Waals surface area (Å²) in [6.45, 7) is 0. The summed E-state index contributed by atoms with van der Waals surface area (Å²) < 4.78 is 10.4. The maximum Gasteiger partial charge on any atom is 0.256 e. The highest BCUT2D eigenvalue weighted by Gasteiger charge is 2.30. The average Bonchev–Trinajstić information content (AvgIpc) is 2.66. The molecular formula is C18H21N3O4S. The van der Waals surface area contributed by atoms with E-state index in [1.54, 1.807) is 25.3 Å². The van der Waals surface area contributed by atoms with Gasteiger partial charge in [0, 0.05) is 11.8 Å². The van der Waals surface area contributed by atoms with Crippen molar-refractivity contribution in [3.8, 4) is 11.5 Å². The third-order valence-electron chi connectivity index (χ3n) is 4.33. The lowest BCUT2D eigenvalue weighted by Gasteiger charge is -2.24. The van der Waals surface area contributed by atoms with Gasteiger partial charge in [0.25, 0.3) is 5.91 Å². The summed E-state index contributed by atoms with van der Waals surface area (Å²) in [5.41, 5.74) is 1.44. The highest BCUT2D eigenvalue weighted by atomic mass is 32.2. The fraction of sp³-hybridized carbons (Fsp3) is 0.444. The maximum absolute atomic E-state index is 12.3. The highest BCUT2D eigenvalue weighted by Crippen LogP contribution is 2.30. The molecule has 1 aromatic carbocycles. The first kappa shape index (κ1) is 18.4. The van der Waals surface area contributed by atoms with Gasteiger partial charge in [0.2, 0.25) is 5.91 Å². The average molecular weight is 375 g/mol. The van der Waals surface area contributed by atoms with Gasteiger partial charge in [0.05, 0.1) is 31.6 Å². The van der Waals surface area contributed by atoms with Crippen LogP contribution in [0, 0.1) is 5.92 Å². The first-order valence-electron chi connectivity index (χ1n) is 8.45. The molecule has 1 saturated carbocycles. The number of benzene rings is 1. The number of ether oxygens (including phenoxy) is 2. The molecule has 2 aliphatic rings. The first-order valence-corrected chi connectivity index (χ1v) is 9.44. The van der Waals surface area contributed by atoms with Crippen molar-refractivity contribution in [2.24, 2.45) is 15.9 Å². The number of fused-ring (bicyclic) bond motifs is 1. The summed E-state index contributed by atoms with van der Waals surface area (Å²) >= 11 is 1.17. The Morgan fingerprint density at radius 1 is 1.27 bits per heavy atom. The van der Waals surface area contributed by atoms with Crippen molar-refractivity contribution in [2.75, 3.05) is 25.3 Å². The third kappa shape index (κ3) is 4.24. The van der Waals surface area contributed by atoms with Crippen LogP contribution in [0.1, 0.15) is 25.7 Å². The largest absolute Gasteiger partial charge is 0.497 e. The zero-order valence-electron chi connectivity index (χ0n) is 14.8. The topological polar surface area (TPSA) is 89.4 Å². The summed E-state index contributed by atoms with van der Waals surface area (Å²) in [6.07, 6.45) is 3.76. The van der Waals surface area contributed by atoms with E-state index in [2.05, 4.69) is 15.3 Å². The Morgan fingerprint density at radius 2 is 2.12 bits per heavy atom. The molecule has 0 spiro atoms. The van der Waals surface area contributed by atoms with Gasteiger partial charge in [-0.2, -0.15) is 4.99 Å². The highest BCUT2D eigenvalue weighted by molar-refractivity contribution is 8.14. The Labute approximate surface area is 156 Å². The van der Waals surface area contributed by atoms with E-state index in [1.165, 1.54) is 18.9 Å². The van der Waals surface area contributed by atoms with Crippen LogP contribution in [0.4, 0.5) is 5.69 Å². The fourth-order valence-electron chi connectivity index (χ4n) is 3.01. The van der Waals surface area contributed by atoms with Crippen LogP contribution in [0.15, 0.2) is 28.2 Å². The van der Waals surface area contributed by atoms with Crippen LogP contribution in [-0.2, 0) is 9.59 Å². The van der Waals surface area contributed by atoms with Crippen molar-refractivity contribution in [3.63, 3.8) is 0 Å². The van der Waals surface area contributed by atoms with E-state index >= 15 is 0 Å². The molecule has 26 heavy (non-hydrogen) atoms. The molecule has 1 aliphatic heterocycles. The number of thioether (sulfide) groups is 1. The van der Waals surface area contributed by atoms with Gasteiger partial charge in [0.1, 0.15) is 11.5 Å². The van der Waals surface area contributed by atoms with Crippen molar-refractivity contribution in [1.82, 2.24) is 0 Å². The molecule has 1 fully saturated rings. The van der Waals surface area contributed by atoms with Crippen LogP contribution in [0.2, 0.25) is 0 Å². The van der Waals surface area contributed by atoms with Gasteiger partial charge in [0.15, 0.2) is 5.17 Å². The third-order valence-corrected chi connectivity index (χ3v) is 5.18. The normalized spacial score (nSPS) is 19.2. The molecule has 2 amide bonds. The predicted molar refractivity (Wildman–Crippen MR) is 102 cm³/mol. The number of carbonyl (C=O) groups is 2. The van der Waals surface area contributed by atoms with Gasteiger partial charge in [-0.25, -0.2) is 4.99 Å². The molecule has 1 aromatic rings. The van der Waals surface area contributed by atoms with E-state index in [4.69, 9.17) is 9.47 Å². The number of anilines is 1. The number of carbonyl (C=O) groups excluding carboxylic acids is 2. The standard InChI is InChI=1S/C18H21N3O4S/c1-24-11-7-8-15(25-2)14(9-11)19-16(22)10-26-18-20-13-6-4-3-5-12(13)17(23)21-18/h7-9,12H,3-6,10H2,1-2H3,(H,19,22). The Morgan fingerprint density at radius 3 is 2.88 bits per heavy atom. The van der Waals surface area contributed by atoms with Crippen molar-refractivity contribution in [3.05, 3.63) is 18.2 Å². The molecular weight excluding hydrogens is 354 g/mol. The number of amidine groups is 1. The van der Waals surface area contributed by atoms with E-state index in [0.717, 1.165) is 31.4 Å². The quantitative estimate of drug-likeness (QED) is 0.855. The van der Waals surface area contributed by atoms with Gasteiger partial charge in [-0.3, -0.25) is 9.59 Å².